The van der Waals surface area contributed by atoms with Crippen LogP contribution in [0.15, 0.2) is 78.9 Å². The summed E-state index contributed by atoms with van der Waals surface area (Å²) in [6, 6.07) is 26.2. The monoisotopic (exact) mass is 352 g/mol. The van der Waals surface area contributed by atoms with E-state index < -0.39 is 0 Å². The predicted octanol–water partition coefficient (Wildman–Crippen LogP) is 5.57. The molecular formula is C23H20N4. The maximum atomic E-state index is 4.80. The minimum absolute atomic E-state index is 0.488. The van der Waals surface area contributed by atoms with Crippen molar-refractivity contribution < 1.29 is 0 Å². The number of hydrogen-bond donors (Lipinski definition) is 1. The molecule has 1 N–H and O–H groups in total. The molecule has 0 aliphatic rings. The minimum atomic E-state index is 0.488. The van der Waals surface area contributed by atoms with Crippen LogP contribution in [0.25, 0.3) is 22.5 Å². The van der Waals surface area contributed by atoms with Gasteiger partial charge in [-0.05, 0) is 31.0 Å². The van der Waals surface area contributed by atoms with Gasteiger partial charge in [-0.1, -0.05) is 72.8 Å². The fourth-order valence-electron chi connectivity index (χ4n) is 2.97. The van der Waals surface area contributed by atoms with Gasteiger partial charge in [0.2, 0.25) is 5.95 Å². The second-order valence-corrected chi connectivity index (χ2v) is 6.44. The van der Waals surface area contributed by atoms with Crippen LogP contribution in [-0.4, -0.2) is 15.2 Å². The molecule has 0 radical (unpaired) electrons. The van der Waals surface area contributed by atoms with Crippen molar-refractivity contribution in [3.05, 3.63) is 90.0 Å². The normalized spacial score (nSPS) is 10.6. The number of benzene rings is 3. The van der Waals surface area contributed by atoms with Crippen molar-refractivity contribution in [1.29, 1.82) is 0 Å². The van der Waals surface area contributed by atoms with Gasteiger partial charge in [0.25, 0.3) is 0 Å². The molecule has 0 amide bonds. The maximum absolute atomic E-state index is 4.80. The van der Waals surface area contributed by atoms with Gasteiger partial charge in [0.1, 0.15) is 11.4 Å². The number of rotatable bonds is 4. The molecule has 0 saturated carbocycles. The largest absolute Gasteiger partial charge is 0.323 e. The van der Waals surface area contributed by atoms with Crippen LogP contribution < -0.4 is 5.32 Å². The average Bonchev–Trinajstić information content (AvgIpc) is 2.73. The van der Waals surface area contributed by atoms with Gasteiger partial charge in [-0.25, -0.2) is 4.98 Å². The number of nitrogens with zero attached hydrogens (tertiary/aromatic N) is 3. The number of anilines is 2. The van der Waals surface area contributed by atoms with E-state index in [0.717, 1.165) is 28.2 Å². The molecular weight excluding hydrogens is 332 g/mol. The first kappa shape index (κ1) is 16.9. The van der Waals surface area contributed by atoms with Crippen molar-refractivity contribution in [1.82, 2.24) is 15.2 Å². The van der Waals surface area contributed by atoms with Crippen molar-refractivity contribution in [2.24, 2.45) is 0 Å². The zero-order valence-electron chi connectivity index (χ0n) is 15.3. The first-order chi connectivity index (χ1) is 13.2. The molecule has 0 aliphatic heterocycles. The number of nitrogens with one attached hydrogen (secondary N) is 1. The molecule has 4 nitrogen and oxygen atoms in total. The van der Waals surface area contributed by atoms with Crippen LogP contribution in [0.3, 0.4) is 0 Å². The fraction of sp³-hybridized carbons (Fsp3) is 0.0870. The van der Waals surface area contributed by atoms with Gasteiger partial charge in [0.05, 0.1) is 0 Å². The third-order valence-electron chi connectivity index (χ3n) is 4.63. The van der Waals surface area contributed by atoms with Crippen LogP contribution in [0.5, 0.6) is 0 Å². The van der Waals surface area contributed by atoms with Gasteiger partial charge < -0.3 is 5.32 Å². The highest BCUT2D eigenvalue weighted by Gasteiger charge is 2.14. The summed E-state index contributed by atoms with van der Waals surface area (Å²) < 4.78 is 0. The number of aryl methyl sites for hydroxylation is 1. The van der Waals surface area contributed by atoms with Crippen molar-refractivity contribution in [2.75, 3.05) is 5.32 Å². The van der Waals surface area contributed by atoms with Gasteiger partial charge in [0, 0.05) is 16.8 Å². The number of aromatic nitrogens is 3. The molecule has 0 atom stereocenters. The molecule has 4 heteroatoms. The molecule has 4 aromatic rings. The molecule has 0 bridgehead atoms. The predicted molar refractivity (Wildman–Crippen MR) is 110 cm³/mol. The fourth-order valence-corrected chi connectivity index (χ4v) is 2.97. The highest BCUT2D eigenvalue weighted by molar-refractivity contribution is 5.78. The van der Waals surface area contributed by atoms with Gasteiger partial charge in [-0.2, -0.15) is 0 Å². The topological polar surface area (TPSA) is 50.7 Å². The van der Waals surface area contributed by atoms with E-state index >= 15 is 0 Å². The van der Waals surface area contributed by atoms with Gasteiger partial charge in [0.15, 0.2) is 0 Å². The van der Waals surface area contributed by atoms with Crippen LogP contribution in [0.1, 0.15) is 11.1 Å². The Kier molecular flexibility index (Phi) is 4.62. The van der Waals surface area contributed by atoms with Crippen LogP contribution in [0.4, 0.5) is 11.6 Å². The molecule has 0 spiro atoms. The van der Waals surface area contributed by atoms with Crippen LogP contribution >= 0.6 is 0 Å². The van der Waals surface area contributed by atoms with Gasteiger partial charge >= 0.3 is 0 Å². The zero-order chi connectivity index (χ0) is 18.6. The second-order valence-electron chi connectivity index (χ2n) is 6.44. The lowest BCUT2D eigenvalue weighted by atomic mass is 10.0. The van der Waals surface area contributed by atoms with Crippen molar-refractivity contribution in [2.45, 2.75) is 13.8 Å². The Labute approximate surface area is 159 Å². The molecule has 4 rings (SSSR count). The zero-order valence-corrected chi connectivity index (χ0v) is 15.3. The number of hydrogen-bond acceptors (Lipinski definition) is 4. The lowest BCUT2D eigenvalue weighted by Crippen LogP contribution is -2.04. The smallest absolute Gasteiger partial charge is 0.247 e. The molecule has 0 unspecified atom stereocenters. The van der Waals surface area contributed by atoms with Gasteiger partial charge in [-0.15, -0.1) is 10.2 Å². The highest BCUT2D eigenvalue weighted by atomic mass is 15.2. The summed E-state index contributed by atoms with van der Waals surface area (Å²) in [5, 5.41) is 12.2. The summed E-state index contributed by atoms with van der Waals surface area (Å²) in [6.07, 6.45) is 0. The molecule has 3 aromatic carbocycles. The van der Waals surface area contributed by atoms with Crippen molar-refractivity contribution >= 4 is 11.6 Å². The summed E-state index contributed by atoms with van der Waals surface area (Å²) in [4.78, 5) is 4.80. The average molecular weight is 352 g/mol. The molecule has 1 heterocycles. The summed E-state index contributed by atoms with van der Waals surface area (Å²) >= 11 is 0. The van der Waals surface area contributed by atoms with E-state index in [4.69, 9.17) is 4.98 Å². The molecule has 132 valence electrons. The standard InChI is InChI=1S/C23H20N4/c1-16-10-9-15-20(17(16)2)24-23-25-21(18-11-5-3-6-12-18)22(26-27-23)19-13-7-4-8-14-19/h3-15H,1-2H3,(H,24,25,27). The van der Waals surface area contributed by atoms with Crippen LogP contribution in [0.2, 0.25) is 0 Å². The van der Waals surface area contributed by atoms with Crippen molar-refractivity contribution in [3.63, 3.8) is 0 Å². The molecule has 0 saturated heterocycles. The Morgan fingerprint density at radius 2 is 1.26 bits per heavy atom. The lowest BCUT2D eigenvalue weighted by Gasteiger charge is -2.12. The van der Waals surface area contributed by atoms with Crippen LogP contribution in [-0.2, 0) is 0 Å². The summed E-state index contributed by atoms with van der Waals surface area (Å²) in [5.41, 5.74) is 6.97. The first-order valence-corrected chi connectivity index (χ1v) is 8.91. The van der Waals surface area contributed by atoms with E-state index in [1.54, 1.807) is 0 Å². The van der Waals surface area contributed by atoms with E-state index in [1.165, 1.54) is 11.1 Å². The quantitative estimate of drug-likeness (QED) is 0.522. The minimum Gasteiger partial charge on any atom is -0.323 e. The Morgan fingerprint density at radius 3 is 1.93 bits per heavy atom. The summed E-state index contributed by atoms with van der Waals surface area (Å²) in [7, 11) is 0. The van der Waals surface area contributed by atoms with E-state index in [1.807, 2.05) is 72.8 Å². The third kappa shape index (κ3) is 3.55. The molecule has 0 fully saturated rings. The molecule has 1 aromatic heterocycles. The SMILES string of the molecule is Cc1cccc(Nc2nnc(-c3ccccc3)c(-c3ccccc3)n2)c1C. The van der Waals surface area contributed by atoms with E-state index in [2.05, 4.69) is 35.4 Å². The summed E-state index contributed by atoms with van der Waals surface area (Å²) in [5.74, 6) is 0.488. The third-order valence-corrected chi connectivity index (χ3v) is 4.63. The maximum Gasteiger partial charge on any atom is 0.247 e. The van der Waals surface area contributed by atoms with E-state index in [-0.39, 0.29) is 0 Å². The molecule has 0 aliphatic carbocycles. The van der Waals surface area contributed by atoms with E-state index in [9.17, 15) is 0 Å². The Hall–Kier alpha value is -3.53. The van der Waals surface area contributed by atoms with Crippen molar-refractivity contribution in [3.8, 4) is 22.5 Å². The first-order valence-electron chi connectivity index (χ1n) is 8.91. The highest BCUT2D eigenvalue weighted by Crippen LogP contribution is 2.29. The van der Waals surface area contributed by atoms with Gasteiger partial charge in [-0.3, -0.25) is 0 Å². The summed E-state index contributed by atoms with van der Waals surface area (Å²) in [6.45, 7) is 4.18. The van der Waals surface area contributed by atoms with Crippen LogP contribution in [0, 0.1) is 13.8 Å². The molecule has 27 heavy (non-hydrogen) atoms. The Balaban J connectivity index is 1.81. The Bertz CT molecular complexity index is 1060. The lowest BCUT2D eigenvalue weighted by molar-refractivity contribution is 0.989. The second kappa shape index (κ2) is 7.38. The Morgan fingerprint density at radius 1 is 0.630 bits per heavy atom. The van der Waals surface area contributed by atoms with E-state index in [0.29, 0.717) is 5.95 Å².